The number of ether oxygens (including phenoxy) is 3. The number of aliphatic hydroxyl groups is 1. The molecule has 4 aromatic carbocycles. The summed E-state index contributed by atoms with van der Waals surface area (Å²) in [6, 6.07) is 25.4. The fourth-order valence-electron chi connectivity index (χ4n) is 3.64. The lowest BCUT2D eigenvalue weighted by atomic mass is 9.97. The van der Waals surface area contributed by atoms with E-state index in [0.29, 0.717) is 23.9 Å². The highest BCUT2D eigenvalue weighted by atomic mass is 127. The minimum atomic E-state index is -0.799. The summed E-state index contributed by atoms with van der Waals surface area (Å²) in [6.07, 6.45) is -0.799. The third-order valence-corrected chi connectivity index (χ3v) is 6.20. The summed E-state index contributed by atoms with van der Waals surface area (Å²) in [5.41, 5.74) is 2.63. The SMILES string of the molecule is COc1ccc(OC)c2c(OCc3ccccc3)cc(C(O)c3ccccc3I)cc12. The Morgan fingerprint density at radius 2 is 1.48 bits per heavy atom. The van der Waals surface area contributed by atoms with Gasteiger partial charge in [0.05, 0.1) is 19.6 Å². The predicted octanol–water partition coefficient (Wildman–Crippen LogP) is 6.12. The fourth-order valence-corrected chi connectivity index (χ4v) is 4.32. The molecule has 0 bridgehead atoms. The molecule has 0 amide bonds. The minimum Gasteiger partial charge on any atom is -0.496 e. The molecule has 5 heteroatoms. The zero-order valence-electron chi connectivity index (χ0n) is 17.3. The minimum absolute atomic E-state index is 0.402. The van der Waals surface area contributed by atoms with Gasteiger partial charge in [-0.1, -0.05) is 48.5 Å². The Morgan fingerprint density at radius 1 is 0.806 bits per heavy atom. The van der Waals surface area contributed by atoms with Crippen LogP contribution in [0.2, 0.25) is 0 Å². The Bertz CT molecular complexity index is 1190. The topological polar surface area (TPSA) is 47.9 Å². The highest BCUT2D eigenvalue weighted by Gasteiger charge is 2.20. The molecule has 4 nitrogen and oxygen atoms in total. The van der Waals surface area contributed by atoms with Crippen molar-refractivity contribution in [2.75, 3.05) is 14.2 Å². The van der Waals surface area contributed by atoms with E-state index in [1.807, 2.05) is 78.9 Å². The van der Waals surface area contributed by atoms with Gasteiger partial charge in [-0.2, -0.15) is 0 Å². The van der Waals surface area contributed by atoms with Crippen LogP contribution in [-0.4, -0.2) is 19.3 Å². The number of benzene rings is 4. The van der Waals surface area contributed by atoms with Gasteiger partial charge in [0, 0.05) is 8.96 Å². The van der Waals surface area contributed by atoms with Crippen molar-refractivity contribution in [1.29, 1.82) is 0 Å². The summed E-state index contributed by atoms with van der Waals surface area (Å²) in [5, 5.41) is 12.8. The van der Waals surface area contributed by atoms with Gasteiger partial charge in [-0.05, 0) is 69.6 Å². The molecule has 31 heavy (non-hydrogen) atoms. The Hall–Kier alpha value is -2.77. The molecule has 1 N–H and O–H groups in total. The van der Waals surface area contributed by atoms with Crippen LogP contribution >= 0.6 is 22.6 Å². The third-order valence-electron chi connectivity index (χ3n) is 5.21. The molecule has 0 spiro atoms. The maximum Gasteiger partial charge on any atom is 0.131 e. The zero-order valence-corrected chi connectivity index (χ0v) is 19.5. The van der Waals surface area contributed by atoms with E-state index in [1.165, 1.54) is 0 Å². The predicted molar refractivity (Wildman–Crippen MR) is 131 cm³/mol. The van der Waals surface area contributed by atoms with Crippen LogP contribution in [0.4, 0.5) is 0 Å². The fraction of sp³-hybridized carbons (Fsp3) is 0.154. The molecule has 0 aromatic heterocycles. The first-order valence-electron chi connectivity index (χ1n) is 9.90. The Labute approximate surface area is 195 Å². The van der Waals surface area contributed by atoms with Crippen molar-refractivity contribution >= 4 is 33.4 Å². The number of methoxy groups -OCH3 is 2. The van der Waals surface area contributed by atoms with Crippen LogP contribution in [-0.2, 0) is 6.61 Å². The molecule has 0 heterocycles. The van der Waals surface area contributed by atoms with Crippen molar-refractivity contribution in [3.05, 3.63) is 99.1 Å². The monoisotopic (exact) mass is 526 g/mol. The first kappa shape index (κ1) is 21.5. The van der Waals surface area contributed by atoms with Crippen LogP contribution < -0.4 is 14.2 Å². The molecule has 0 saturated heterocycles. The summed E-state index contributed by atoms with van der Waals surface area (Å²) in [6.45, 7) is 0.402. The van der Waals surface area contributed by atoms with E-state index < -0.39 is 6.10 Å². The molecular formula is C26H23IO4. The number of hydrogen-bond donors (Lipinski definition) is 1. The van der Waals surface area contributed by atoms with E-state index in [1.54, 1.807) is 14.2 Å². The number of halogens is 1. The van der Waals surface area contributed by atoms with Gasteiger partial charge in [0.2, 0.25) is 0 Å². The van der Waals surface area contributed by atoms with Gasteiger partial charge >= 0.3 is 0 Å². The lowest BCUT2D eigenvalue weighted by Gasteiger charge is -2.19. The Kier molecular flexibility index (Phi) is 6.63. The first-order chi connectivity index (χ1) is 15.1. The van der Waals surface area contributed by atoms with E-state index in [4.69, 9.17) is 14.2 Å². The standard InChI is InChI=1S/C26H23IO4/c1-29-22-12-13-23(30-2)25-20(22)14-18(26(28)19-10-6-7-11-21(19)27)15-24(25)31-16-17-8-4-3-5-9-17/h3-15,26,28H,16H2,1-2H3. The van der Waals surface area contributed by atoms with E-state index in [-0.39, 0.29) is 0 Å². The Balaban J connectivity index is 1.87. The lowest BCUT2D eigenvalue weighted by molar-refractivity contribution is 0.218. The molecule has 0 fully saturated rings. The van der Waals surface area contributed by atoms with Crippen molar-refractivity contribution in [1.82, 2.24) is 0 Å². The van der Waals surface area contributed by atoms with Crippen molar-refractivity contribution in [3.63, 3.8) is 0 Å². The van der Waals surface area contributed by atoms with Gasteiger partial charge in [0.15, 0.2) is 0 Å². The molecule has 0 aliphatic heterocycles. The molecule has 1 unspecified atom stereocenters. The van der Waals surface area contributed by atoms with Gasteiger partial charge in [-0.3, -0.25) is 0 Å². The largest absolute Gasteiger partial charge is 0.496 e. The molecular weight excluding hydrogens is 503 g/mol. The highest BCUT2D eigenvalue weighted by molar-refractivity contribution is 14.1. The van der Waals surface area contributed by atoms with Crippen LogP contribution in [0, 0.1) is 3.57 Å². The maximum atomic E-state index is 11.2. The van der Waals surface area contributed by atoms with Gasteiger partial charge in [0.1, 0.15) is 30.0 Å². The normalized spacial score (nSPS) is 11.9. The second kappa shape index (κ2) is 9.58. The van der Waals surface area contributed by atoms with E-state index in [9.17, 15) is 5.11 Å². The summed E-state index contributed by atoms with van der Waals surface area (Å²) in [4.78, 5) is 0. The summed E-state index contributed by atoms with van der Waals surface area (Å²) in [5.74, 6) is 2.02. The second-order valence-corrected chi connectivity index (χ2v) is 8.27. The van der Waals surface area contributed by atoms with Crippen LogP contribution in [0.5, 0.6) is 17.2 Å². The average molecular weight is 526 g/mol. The average Bonchev–Trinajstić information content (AvgIpc) is 2.82. The van der Waals surface area contributed by atoms with Gasteiger partial charge in [-0.15, -0.1) is 0 Å². The van der Waals surface area contributed by atoms with E-state index >= 15 is 0 Å². The lowest BCUT2D eigenvalue weighted by Crippen LogP contribution is -2.04. The Morgan fingerprint density at radius 3 is 2.19 bits per heavy atom. The smallest absolute Gasteiger partial charge is 0.131 e. The highest BCUT2D eigenvalue weighted by Crippen LogP contribution is 2.42. The quantitative estimate of drug-likeness (QED) is 0.295. The van der Waals surface area contributed by atoms with Gasteiger partial charge in [0.25, 0.3) is 0 Å². The van der Waals surface area contributed by atoms with Crippen LogP contribution in [0.15, 0.2) is 78.9 Å². The van der Waals surface area contributed by atoms with Crippen molar-refractivity contribution in [2.45, 2.75) is 12.7 Å². The first-order valence-corrected chi connectivity index (χ1v) is 11.0. The van der Waals surface area contributed by atoms with Crippen LogP contribution in [0.3, 0.4) is 0 Å². The third kappa shape index (κ3) is 4.48. The number of hydrogen-bond acceptors (Lipinski definition) is 4. The van der Waals surface area contributed by atoms with Crippen LogP contribution in [0.1, 0.15) is 22.8 Å². The molecule has 0 aliphatic carbocycles. The second-order valence-electron chi connectivity index (χ2n) is 7.11. The summed E-state index contributed by atoms with van der Waals surface area (Å²) < 4.78 is 18.5. The van der Waals surface area contributed by atoms with Gasteiger partial charge in [-0.25, -0.2) is 0 Å². The number of fused-ring (bicyclic) bond motifs is 1. The van der Waals surface area contributed by atoms with Crippen molar-refractivity contribution < 1.29 is 19.3 Å². The number of aliphatic hydroxyl groups excluding tert-OH is 1. The molecule has 158 valence electrons. The molecule has 0 saturated carbocycles. The van der Waals surface area contributed by atoms with E-state index in [0.717, 1.165) is 31.0 Å². The maximum absolute atomic E-state index is 11.2. The van der Waals surface area contributed by atoms with Crippen LogP contribution in [0.25, 0.3) is 10.8 Å². The van der Waals surface area contributed by atoms with Crippen molar-refractivity contribution in [3.8, 4) is 17.2 Å². The van der Waals surface area contributed by atoms with E-state index in [2.05, 4.69) is 22.6 Å². The molecule has 0 radical (unpaired) electrons. The molecule has 4 aromatic rings. The van der Waals surface area contributed by atoms with Gasteiger partial charge < -0.3 is 19.3 Å². The zero-order chi connectivity index (χ0) is 21.8. The van der Waals surface area contributed by atoms with Crippen molar-refractivity contribution in [2.24, 2.45) is 0 Å². The summed E-state index contributed by atoms with van der Waals surface area (Å²) >= 11 is 2.24. The number of rotatable bonds is 7. The summed E-state index contributed by atoms with van der Waals surface area (Å²) in [7, 11) is 3.27. The molecule has 1 atom stereocenters. The molecule has 0 aliphatic rings. The molecule has 4 rings (SSSR count).